The van der Waals surface area contributed by atoms with Crippen molar-refractivity contribution in [2.45, 2.75) is 51.3 Å². The molecule has 1 aromatic heterocycles. The number of aryl methyl sites for hydroxylation is 2. The van der Waals surface area contributed by atoms with E-state index >= 15 is 0 Å². The normalized spacial score (nSPS) is 19.3. The van der Waals surface area contributed by atoms with Gasteiger partial charge in [-0.2, -0.15) is 0 Å². The molecule has 2 heterocycles. The summed E-state index contributed by atoms with van der Waals surface area (Å²) in [5.41, 5.74) is 2.07. The summed E-state index contributed by atoms with van der Waals surface area (Å²) in [4.78, 5) is 14.3. The van der Waals surface area contributed by atoms with Crippen LogP contribution in [0, 0.1) is 19.8 Å². The Balaban J connectivity index is 1.34. The number of carbonyl (C=O) groups excluding carboxylic acids is 1. The van der Waals surface area contributed by atoms with Crippen LogP contribution in [0.1, 0.15) is 42.7 Å². The summed E-state index contributed by atoms with van der Waals surface area (Å²) >= 11 is 1.66. The molecule has 1 saturated heterocycles. The van der Waals surface area contributed by atoms with E-state index in [9.17, 15) is 4.79 Å². The van der Waals surface area contributed by atoms with Crippen LogP contribution in [0.15, 0.2) is 4.52 Å². The third-order valence-electron chi connectivity index (χ3n) is 4.89. The van der Waals surface area contributed by atoms with Gasteiger partial charge < -0.3 is 14.7 Å². The van der Waals surface area contributed by atoms with Crippen molar-refractivity contribution in [2.75, 3.05) is 25.4 Å². The number of piperidine rings is 1. The molecule has 0 unspecified atom stereocenters. The number of nitrogens with zero attached hydrogens (tertiary/aromatic N) is 2. The minimum Gasteiger partial charge on any atom is -0.361 e. The van der Waals surface area contributed by atoms with E-state index in [0.717, 1.165) is 54.6 Å². The molecule has 0 radical (unpaired) electrons. The van der Waals surface area contributed by atoms with Crippen LogP contribution in [0.5, 0.6) is 0 Å². The van der Waals surface area contributed by atoms with E-state index in [2.05, 4.69) is 10.5 Å². The van der Waals surface area contributed by atoms with E-state index in [0.29, 0.717) is 11.8 Å². The van der Waals surface area contributed by atoms with Crippen LogP contribution >= 0.6 is 11.8 Å². The molecule has 2 aliphatic rings. The quantitative estimate of drug-likeness (QED) is 0.828. The highest BCUT2D eigenvalue weighted by molar-refractivity contribution is 7.99. The van der Waals surface area contributed by atoms with Crippen molar-refractivity contribution in [3.63, 3.8) is 0 Å². The molecular weight excluding hydrogens is 310 g/mol. The lowest BCUT2D eigenvalue weighted by atomic mass is 10.0. The van der Waals surface area contributed by atoms with E-state index in [1.807, 2.05) is 18.7 Å². The Kier molecular flexibility index (Phi) is 5.64. The molecule has 5 nitrogen and oxygen atoms in total. The topological polar surface area (TPSA) is 58.4 Å². The zero-order valence-corrected chi connectivity index (χ0v) is 15.0. The Hall–Kier alpha value is -1.01. The van der Waals surface area contributed by atoms with Crippen LogP contribution in [-0.4, -0.2) is 47.4 Å². The van der Waals surface area contributed by atoms with E-state index in [1.165, 1.54) is 19.4 Å². The second-order valence-corrected chi connectivity index (χ2v) is 7.79. The Morgan fingerprint density at radius 3 is 2.65 bits per heavy atom. The second-order valence-electron chi connectivity index (χ2n) is 6.80. The molecule has 2 fully saturated rings. The fourth-order valence-corrected chi connectivity index (χ4v) is 4.10. The van der Waals surface area contributed by atoms with Crippen LogP contribution in [0.4, 0.5) is 0 Å². The van der Waals surface area contributed by atoms with Crippen LogP contribution in [0.25, 0.3) is 0 Å². The molecular formula is C17H27N3O2S. The number of hydrogen-bond donors (Lipinski definition) is 1. The van der Waals surface area contributed by atoms with Crippen LogP contribution in [-0.2, 0) is 10.5 Å². The van der Waals surface area contributed by atoms with Gasteiger partial charge in [0.15, 0.2) is 0 Å². The molecule has 23 heavy (non-hydrogen) atoms. The number of carbonyl (C=O) groups is 1. The Labute approximate surface area is 142 Å². The van der Waals surface area contributed by atoms with Gasteiger partial charge in [-0.15, -0.1) is 11.8 Å². The van der Waals surface area contributed by atoms with Crippen molar-refractivity contribution < 1.29 is 9.32 Å². The summed E-state index contributed by atoms with van der Waals surface area (Å²) in [6.07, 6.45) is 4.97. The van der Waals surface area contributed by atoms with Gasteiger partial charge in [-0.1, -0.05) is 5.16 Å². The molecule has 1 aliphatic carbocycles. The molecule has 1 aromatic rings. The van der Waals surface area contributed by atoms with Gasteiger partial charge in [0.1, 0.15) is 5.76 Å². The maximum atomic E-state index is 12.3. The van der Waals surface area contributed by atoms with Crippen molar-refractivity contribution in [1.29, 1.82) is 0 Å². The summed E-state index contributed by atoms with van der Waals surface area (Å²) in [6.45, 7) is 6.84. The molecule has 0 aromatic carbocycles. The third kappa shape index (κ3) is 4.73. The van der Waals surface area contributed by atoms with Crippen LogP contribution in [0.3, 0.4) is 0 Å². The summed E-state index contributed by atoms with van der Waals surface area (Å²) in [5, 5.41) is 7.61. The number of hydrogen-bond acceptors (Lipinski definition) is 5. The van der Waals surface area contributed by atoms with E-state index in [1.54, 1.807) is 11.8 Å². The fourth-order valence-electron chi connectivity index (χ4n) is 3.03. The monoisotopic (exact) mass is 337 g/mol. The smallest absolute Gasteiger partial charge is 0.232 e. The first kappa shape index (κ1) is 16.8. The van der Waals surface area contributed by atoms with Gasteiger partial charge >= 0.3 is 0 Å². The van der Waals surface area contributed by atoms with Gasteiger partial charge in [-0.25, -0.2) is 0 Å². The largest absolute Gasteiger partial charge is 0.361 e. The minimum atomic E-state index is 0.266. The molecule has 0 atom stereocenters. The number of thioether (sulfide) groups is 1. The molecule has 6 heteroatoms. The van der Waals surface area contributed by atoms with Gasteiger partial charge in [0.05, 0.1) is 11.4 Å². The number of likely N-dealkylation sites (tertiary alicyclic amines) is 1. The zero-order chi connectivity index (χ0) is 16.2. The molecule has 128 valence electrons. The van der Waals surface area contributed by atoms with Gasteiger partial charge in [-0.05, 0) is 52.0 Å². The van der Waals surface area contributed by atoms with Crippen molar-refractivity contribution in [1.82, 2.24) is 15.4 Å². The predicted octanol–water partition coefficient (Wildman–Crippen LogP) is 2.52. The summed E-state index contributed by atoms with van der Waals surface area (Å²) in [6, 6.07) is 0.606. The van der Waals surface area contributed by atoms with Gasteiger partial charge in [0.2, 0.25) is 5.91 Å². The minimum absolute atomic E-state index is 0.266. The molecule has 0 spiro atoms. The number of amides is 1. The van der Waals surface area contributed by atoms with Gasteiger partial charge in [0, 0.05) is 30.4 Å². The lowest BCUT2D eigenvalue weighted by Gasteiger charge is -2.32. The molecule has 0 bridgehead atoms. The molecule has 1 saturated carbocycles. The van der Waals surface area contributed by atoms with Crippen LogP contribution < -0.4 is 5.32 Å². The van der Waals surface area contributed by atoms with Gasteiger partial charge in [0.25, 0.3) is 0 Å². The first-order valence-electron chi connectivity index (χ1n) is 8.64. The van der Waals surface area contributed by atoms with Gasteiger partial charge in [-0.3, -0.25) is 4.79 Å². The van der Waals surface area contributed by atoms with Crippen LogP contribution in [0.2, 0.25) is 0 Å². The second kappa shape index (κ2) is 7.71. The highest BCUT2D eigenvalue weighted by Gasteiger charge is 2.25. The predicted molar refractivity (Wildman–Crippen MR) is 92.5 cm³/mol. The van der Waals surface area contributed by atoms with Crippen molar-refractivity contribution >= 4 is 17.7 Å². The average molecular weight is 337 g/mol. The molecule has 1 amide bonds. The zero-order valence-electron chi connectivity index (χ0n) is 14.1. The van der Waals surface area contributed by atoms with E-state index < -0.39 is 0 Å². The van der Waals surface area contributed by atoms with Crippen molar-refractivity contribution in [3.05, 3.63) is 17.0 Å². The first-order valence-corrected chi connectivity index (χ1v) is 9.79. The standard InChI is InChI=1S/C17H27N3O2S/c1-12-16(13(2)22-19-12)10-23-11-17(21)20-7-5-15(6-8-20)18-9-14-3-4-14/h14-15,18H,3-11H2,1-2H3. The maximum Gasteiger partial charge on any atom is 0.232 e. The SMILES string of the molecule is Cc1noc(C)c1CSCC(=O)N1CCC(NCC2CC2)CC1. The highest BCUT2D eigenvalue weighted by atomic mass is 32.2. The lowest BCUT2D eigenvalue weighted by Crippen LogP contribution is -2.45. The number of aromatic nitrogens is 1. The fraction of sp³-hybridized carbons (Fsp3) is 0.765. The Morgan fingerprint density at radius 1 is 1.30 bits per heavy atom. The number of nitrogens with one attached hydrogen (secondary N) is 1. The van der Waals surface area contributed by atoms with Crippen molar-refractivity contribution in [2.24, 2.45) is 5.92 Å². The van der Waals surface area contributed by atoms with E-state index in [-0.39, 0.29) is 5.91 Å². The molecule has 3 rings (SSSR count). The first-order chi connectivity index (χ1) is 11.1. The molecule has 1 N–H and O–H groups in total. The summed E-state index contributed by atoms with van der Waals surface area (Å²) in [7, 11) is 0. The van der Waals surface area contributed by atoms with Crippen molar-refractivity contribution in [3.8, 4) is 0 Å². The molecule has 1 aliphatic heterocycles. The Morgan fingerprint density at radius 2 is 2.04 bits per heavy atom. The third-order valence-corrected chi connectivity index (χ3v) is 5.84. The lowest BCUT2D eigenvalue weighted by molar-refractivity contribution is -0.129. The summed E-state index contributed by atoms with van der Waals surface area (Å²) < 4.78 is 5.16. The summed E-state index contributed by atoms with van der Waals surface area (Å²) in [5.74, 6) is 3.40. The van der Waals surface area contributed by atoms with E-state index in [4.69, 9.17) is 4.52 Å². The average Bonchev–Trinajstić information content (AvgIpc) is 3.34. The Bertz CT molecular complexity index is 514. The number of rotatable bonds is 7. The maximum absolute atomic E-state index is 12.3. The highest BCUT2D eigenvalue weighted by Crippen LogP contribution is 2.28.